The molecule has 0 nitrogen and oxygen atoms in total. The predicted octanol–water partition coefficient (Wildman–Crippen LogP) is 6.49. The molecule has 0 aliphatic carbocycles. The molecule has 0 amide bonds. The molecule has 0 heterocycles. The van der Waals surface area contributed by atoms with Crippen molar-refractivity contribution in [3.8, 4) is 0 Å². The smallest absolute Gasteiger partial charge is 0.0105 e. The van der Waals surface area contributed by atoms with Crippen LogP contribution in [0.25, 0.3) is 22.9 Å². The second-order valence-electron chi connectivity index (χ2n) is 3.65. The molecule has 0 bridgehead atoms. The lowest BCUT2D eigenvalue weighted by atomic mass is 9.95. The molecular formula is C19H26. The Kier molecular flexibility index (Phi) is 8.28. The van der Waals surface area contributed by atoms with Gasteiger partial charge in [0.25, 0.3) is 0 Å². The summed E-state index contributed by atoms with van der Waals surface area (Å²) < 4.78 is 0. The van der Waals surface area contributed by atoms with Crippen molar-refractivity contribution < 1.29 is 0 Å². The van der Waals surface area contributed by atoms with E-state index in [9.17, 15) is 0 Å². The van der Waals surface area contributed by atoms with Crippen LogP contribution in [0.2, 0.25) is 0 Å². The van der Waals surface area contributed by atoms with Crippen molar-refractivity contribution in [2.24, 2.45) is 0 Å². The zero-order valence-corrected chi connectivity index (χ0v) is 13.0. The Morgan fingerprint density at radius 3 is 1.89 bits per heavy atom. The van der Waals surface area contributed by atoms with E-state index in [0.29, 0.717) is 0 Å². The van der Waals surface area contributed by atoms with Gasteiger partial charge < -0.3 is 0 Å². The van der Waals surface area contributed by atoms with Crippen molar-refractivity contribution >= 4 is 22.9 Å². The molecule has 0 aliphatic heterocycles. The van der Waals surface area contributed by atoms with Crippen molar-refractivity contribution in [2.75, 3.05) is 0 Å². The molecule has 0 aliphatic rings. The van der Waals surface area contributed by atoms with E-state index in [-0.39, 0.29) is 0 Å². The molecular weight excluding hydrogens is 228 g/mol. The fraction of sp³-hybridized carbons (Fsp3) is 0.263. The molecule has 0 spiro atoms. The maximum absolute atomic E-state index is 3.88. The minimum absolute atomic E-state index is 1.18. The molecule has 2 aromatic rings. The third-order valence-corrected chi connectivity index (χ3v) is 2.75. The van der Waals surface area contributed by atoms with E-state index < -0.39 is 0 Å². The van der Waals surface area contributed by atoms with Gasteiger partial charge in [0.2, 0.25) is 0 Å². The van der Waals surface area contributed by atoms with Gasteiger partial charge in [-0.25, -0.2) is 0 Å². The lowest BCUT2D eigenvalue weighted by Gasteiger charge is -2.10. The van der Waals surface area contributed by atoms with Crippen LogP contribution in [0.1, 0.15) is 44.4 Å². The van der Waals surface area contributed by atoms with Crippen LogP contribution in [-0.2, 0) is 0 Å². The van der Waals surface area contributed by atoms with E-state index in [1.165, 1.54) is 27.5 Å². The first kappa shape index (κ1) is 17.2. The monoisotopic (exact) mass is 254 g/mol. The van der Waals surface area contributed by atoms with Gasteiger partial charge in [-0.05, 0) is 34.4 Å². The summed E-state index contributed by atoms with van der Waals surface area (Å²) >= 11 is 0. The first-order chi connectivity index (χ1) is 9.27. The van der Waals surface area contributed by atoms with E-state index >= 15 is 0 Å². The molecule has 0 heteroatoms. The number of hydrogen-bond donors (Lipinski definition) is 0. The second-order valence-corrected chi connectivity index (χ2v) is 3.65. The topological polar surface area (TPSA) is 0 Å². The maximum Gasteiger partial charge on any atom is -0.0105 e. The van der Waals surface area contributed by atoms with Crippen LogP contribution >= 0.6 is 0 Å². The van der Waals surface area contributed by atoms with E-state index in [4.69, 9.17) is 0 Å². The third-order valence-electron chi connectivity index (χ3n) is 2.75. The Morgan fingerprint density at radius 1 is 0.842 bits per heavy atom. The lowest BCUT2D eigenvalue weighted by Crippen LogP contribution is -1.88. The van der Waals surface area contributed by atoms with Crippen molar-refractivity contribution in [3.05, 3.63) is 60.2 Å². The molecule has 2 rings (SSSR count). The van der Waals surface area contributed by atoms with Crippen molar-refractivity contribution in [2.45, 2.75) is 34.6 Å². The summed E-state index contributed by atoms with van der Waals surface area (Å²) in [5, 5.41) is 2.50. The van der Waals surface area contributed by atoms with Crippen LogP contribution in [-0.4, -0.2) is 0 Å². The minimum Gasteiger partial charge on any atom is -0.0984 e. The van der Waals surface area contributed by atoms with Crippen LogP contribution in [0, 0.1) is 6.92 Å². The largest absolute Gasteiger partial charge is 0.0984 e. The molecule has 0 atom stereocenters. The van der Waals surface area contributed by atoms with Gasteiger partial charge >= 0.3 is 0 Å². The van der Waals surface area contributed by atoms with Gasteiger partial charge in [-0.15, -0.1) is 0 Å². The van der Waals surface area contributed by atoms with Crippen LogP contribution in [0.5, 0.6) is 0 Å². The van der Waals surface area contributed by atoms with Crippen molar-refractivity contribution in [3.63, 3.8) is 0 Å². The van der Waals surface area contributed by atoms with Crippen LogP contribution in [0.4, 0.5) is 0 Å². The summed E-state index contributed by atoms with van der Waals surface area (Å²) in [7, 11) is 0. The van der Waals surface area contributed by atoms with Gasteiger partial charge in [0.05, 0.1) is 0 Å². The van der Waals surface area contributed by atoms with E-state index in [1.54, 1.807) is 0 Å². The highest BCUT2D eigenvalue weighted by molar-refractivity contribution is 5.94. The quantitative estimate of drug-likeness (QED) is 0.575. The molecule has 0 aromatic heterocycles. The van der Waals surface area contributed by atoms with Crippen LogP contribution < -0.4 is 0 Å². The molecule has 102 valence electrons. The SMILES string of the molecule is C=Cc1c(C)cc2ccccc2c1C=C.CC.CC. The van der Waals surface area contributed by atoms with Gasteiger partial charge in [0, 0.05) is 0 Å². The Bertz CT molecular complexity index is 533. The normalized spacial score (nSPS) is 8.68. The summed E-state index contributed by atoms with van der Waals surface area (Å²) in [6.45, 7) is 17.8. The Hall–Kier alpha value is -1.82. The molecule has 0 radical (unpaired) electrons. The van der Waals surface area contributed by atoms with Crippen LogP contribution in [0.15, 0.2) is 43.5 Å². The van der Waals surface area contributed by atoms with E-state index in [0.717, 1.165) is 0 Å². The number of fused-ring (bicyclic) bond motifs is 1. The van der Waals surface area contributed by atoms with Gasteiger partial charge in [-0.3, -0.25) is 0 Å². The summed E-state index contributed by atoms with van der Waals surface area (Å²) in [5.74, 6) is 0. The highest BCUT2D eigenvalue weighted by atomic mass is 14.1. The first-order valence-corrected chi connectivity index (χ1v) is 7.05. The fourth-order valence-corrected chi connectivity index (χ4v) is 2.03. The lowest BCUT2D eigenvalue weighted by molar-refractivity contribution is 1.46. The number of benzene rings is 2. The van der Waals surface area contributed by atoms with Crippen LogP contribution in [0.3, 0.4) is 0 Å². The average molecular weight is 254 g/mol. The summed E-state index contributed by atoms with van der Waals surface area (Å²) in [6.07, 6.45) is 3.81. The maximum atomic E-state index is 3.88. The minimum atomic E-state index is 1.18. The fourth-order valence-electron chi connectivity index (χ4n) is 2.03. The Balaban J connectivity index is 0.000000741. The van der Waals surface area contributed by atoms with Gasteiger partial charge in [0.1, 0.15) is 0 Å². The number of aryl methyl sites for hydroxylation is 1. The number of rotatable bonds is 2. The average Bonchev–Trinajstić information content (AvgIpc) is 2.49. The highest BCUT2D eigenvalue weighted by Gasteiger charge is 2.05. The highest BCUT2D eigenvalue weighted by Crippen LogP contribution is 2.27. The summed E-state index contributed by atoms with van der Waals surface area (Å²) in [5.41, 5.74) is 3.61. The summed E-state index contributed by atoms with van der Waals surface area (Å²) in [4.78, 5) is 0. The standard InChI is InChI=1S/C15H14.2C2H6/c1-4-13-11(3)10-12-8-6-7-9-15(12)14(13)5-2;2*1-2/h4-10H,1-2H2,3H3;2*1-2H3. The second kappa shape index (κ2) is 9.16. The molecule has 0 fully saturated rings. The third kappa shape index (κ3) is 3.82. The van der Waals surface area contributed by atoms with Gasteiger partial charge in [-0.2, -0.15) is 0 Å². The predicted molar refractivity (Wildman–Crippen MR) is 91.6 cm³/mol. The molecule has 0 N–H and O–H groups in total. The number of hydrogen-bond acceptors (Lipinski definition) is 0. The van der Waals surface area contributed by atoms with Gasteiger partial charge in [0.15, 0.2) is 0 Å². The Labute approximate surface area is 118 Å². The van der Waals surface area contributed by atoms with Gasteiger partial charge in [-0.1, -0.05) is 83.3 Å². The Morgan fingerprint density at radius 2 is 1.37 bits per heavy atom. The molecule has 2 aromatic carbocycles. The van der Waals surface area contributed by atoms with E-state index in [1.807, 2.05) is 39.8 Å². The molecule has 0 saturated carbocycles. The molecule has 0 unspecified atom stereocenters. The molecule has 0 saturated heterocycles. The van der Waals surface area contributed by atoms with E-state index in [2.05, 4.69) is 50.4 Å². The zero-order chi connectivity index (χ0) is 14.8. The van der Waals surface area contributed by atoms with Crippen molar-refractivity contribution in [1.29, 1.82) is 0 Å². The summed E-state index contributed by atoms with van der Waals surface area (Å²) in [6, 6.07) is 10.6. The zero-order valence-electron chi connectivity index (χ0n) is 13.0. The molecule has 19 heavy (non-hydrogen) atoms. The van der Waals surface area contributed by atoms with Crippen molar-refractivity contribution in [1.82, 2.24) is 0 Å². The first-order valence-electron chi connectivity index (χ1n) is 7.05.